The molecule has 0 radical (unpaired) electrons. The second kappa shape index (κ2) is 6.47. The van der Waals surface area contributed by atoms with Gasteiger partial charge in [-0.15, -0.1) is 11.8 Å². The SMILES string of the molecule is CSc1cccc(OCc2ccccc2)c1CN. The number of ether oxygens (including phenoxy) is 1. The topological polar surface area (TPSA) is 35.2 Å². The molecule has 2 aromatic rings. The second-order valence-electron chi connectivity index (χ2n) is 3.92. The predicted molar refractivity (Wildman–Crippen MR) is 76.9 cm³/mol. The zero-order valence-corrected chi connectivity index (χ0v) is 11.2. The normalized spacial score (nSPS) is 10.3. The molecule has 0 aliphatic carbocycles. The van der Waals surface area contributed by atoms with Crippen LogP contribution in [0.15, 0.2) is 53.4 Å². The van der Waals surface area contributed by atoms with E-state index >= 15 is 0 Å². The Hall–Kier alpha value is -1.45. The number of hydrogen-bond donors (Lipinski definition) is 1. The highest BCUT2D eigenvalue weighted by Gasteiger charge is 2.07. The Kier molecular flexibility index (Phi) is 4.67. The molecule has 0 unspecified atom stereocenters. The van der Waals surface area contributed by atoms with Crippen LogP contribution >= 0.6 is 11.8 Å². The second-order valence-corrected chi connectivity index (χ2v) is 4.76. The minimum atomic E-state index is 0.501. The fourth-order valence-corrected chi connectivity index (χ4v) is 2.45. The highest BCUT2D eigenvalue weighted by atomic mass is 32.2. The van der Waals surface area contributed by atoms with Gasteiger partial charge in [0.15, 0.2) is 0 Å². The summed E-state index contributed by atoms with van der Waals surface area (Å²) in [4.78, 5) is 1.18. The standard InChI is InChI=1S/C15H17NOS/c1-18-15-9-5-8-14(13(15)10-16)17-11-12-6-3-2-4-7-12/h2-9H,10-11,16H2,1H3. The molecule has 94 valence electrons. The molecule has 0 aliphatic heterocycles. The molecule has 0 amide bonds. The van der Waals surface area contributed by atoms with Crippen LogP contribution in [0.5, 0.6) is 5.75 Å². The third-order valence-corrected chi connectivity index (χ3v) is 3.57. The average Bonchev–Trinajstić information content (AvgIpc) is 2.45. The molecule has 0 fully saturated rings. The largest absolute Gasteiger partial charge is 0.489 e. The number of benzene rings is 2. The fraction of sp³-hybridized carbons (Fsp3) is 0.200. The summed E-state index contributed by atoms with van der Waals surface area (Å²) in [5.41, 5.74) is 8.05. The molecule has 0 spiro atoms. The van der Waals surface area contributed by atoms with E-state index in [2.05, 4.69) is 24.5 Å². The van der Waals surface area contributed by atoms with Crippen molar-refractivity contribution in [3.05, 3.63) is 59.7 Å². The molecule has 2 rings (SSSR count). The molecule has 0 saturated heterocycles. The molecule has 0 atom stereocenters. The molecule has 0 aromatic heterocycles. The van der Waals surface area contributed by atoms with Crippen molar-refractivity contribution in [2.24, 2.45) is 5.73 Å². The molecule has 2 nitrogen and oxygen atoms in total. The zero-order chi connectivity index (χ0) is 12.8. The minimum absolute atomic E-state index is 0.501. The van der Waals surface area contributed by atoms with Crippen molar-refractivity contribution in [1.29, 1.82) is 0 Å². The van der Waals surface area contributed by atoms with Crippen molar-refractivity contribution in [1.82, 2.24) is 0 Å². The highest BCUT2D eigenvalue weighted by molar-refractivity contribution is 7.98. The van der Waals surface area contributed by atoms with E-state index in [1.54, 1.807) is 11.8 Å². The summed E-state index contributed by atoms with van der Waals surface area (Å²) in [7, 11) is 0. The Bertz CT molecular complexity index is 499. The summed E-state index contributed by atoms with van der Waals surface area (Å²) in [6.07, 6.45) is 2.05. The van der Waals surface area contributed by atoms with E-state index in [-0.39, 0.29) is 0 Å². The Labute approximate surface area is 112 Å². The Morgan fingerprint density at radius 1 is 1.06 bits per heavy atom. The lowest BCUT2D eigenvalue weighted by atomic mass is 10.2. The summed E-state index contributed by atoms with van der Waals surface area (Å²) >= 11 is 1.70. The van der Waals surface area contributed by atoms with Crippen LogP contribution in [0, 0.1) is 0 Å². The van der Waals surface area contributed by atoms with Gasteiger partial charge in [0.1, 0.15) is 12.4 Å². The van der Waals surface area contributed by atoms with Crippen LogP contribution < -0.4 is 10.5 Å². The van der Waals surface area contributed by atoms with E-state index in [4.69, 9.17) is 10.5 Å². The number of nitrogens with two attached hydrogens (primary N) is 1. The van der Waals surface area contributed by atoms with Gasteiger partial charge in [-0.3, -0.25) is 0 Å². The molecule has 3 heteroatoms. The van der Waals surface area contributed by atoms with E-state index in [1.807, 2.05) is 30.3 Å². The van der Waals surface area contributed by atoms with E-state index in [9.17, 15) is 0 Å². The lowest BCUT2D eigenvalue weighted by Crippen LogP contribution is -2.04. The van der Waals surface area contributed by atoms with Crippen molar-refractivity contribution in [2.45, 2.75) is 18.0 Å². The maximum Gasteiger partial charge on any atom is 0.125 e. The molecule has 0 bridgehead atoms. The fourth-order valence-electron chi connectivity index (χ4n) is 1.81. The predicted octanol–water partition coefficient (Wildman–Crippen LogP) is 3.45. The maximum atomic E-state index is 5.86. The first-order valence-corrected chi connectivity index (χ1v) is 7.10. The van der Waals surface area contributed by atoms with E-state index < -0.39 is 0 Å². The lowest BCUT2D eigenvalue weighted by molar-refractivity contribution is 0.302. The van der Waals surface area contributed by atoms with Gasteiger partial charge in [-0.2, -0.15) is 0 Å². The number of rotatable bonds is 5. The Morgan fingerprint density at radius 3 is 2.50 bits per heavy atom. The van der Waals surface area contributed by atoms with Crippen molar-refractivity contribution in [2.75, 3.05) is 6.26 Å². The van der Waals surface area contributed by atoms with E-state index in [1.165, 1.54) is 4.90 Å². The summed E-state index contributed by atoms with van der Waals surface area (Å²) < 4.78 is 5.86. The van der Waals surface area contributed by atoms with Crippen molar-refractivity contribution < 1.29 is 4.74 Å². The van der Waals surface area contributed by atoms with Crippen LogP contribution in [0.4, 0.5) is 0 Å². The quantitative estimate of drug-likeness (QED) is 0.835. The van der Waals surface area contributed by atoms with Gasteiger partial charge in [-0.1, -0.05) is 36.4 Å². The van der Waals surface area contributed by atoms with Gasteiger partial charge in [0.2, 0.25) is 0 Å². The molecule has 2 N–H and O–H groups in total. The van der Waals surface area contributed by atoms with Crippen LogP contribution in [-0.2, 0) is 13.2 Å². The Morgan fingerprint density at radius 2 is 1.83 bits per heavy atom. The lowest BCUT2D eigenvalue weighted by Gasteiger charge is -2.13. The third-order valence-electron chi connectivity index (χ3n) is 2.75. The molecular formula is C15H17NOS. The van der Waals surface area contributed by atoms with Gasteiger partial charge in [-0.05, 0) is 24.0 Å². The van der Waals surface area contributed by atoms with Crippen LogP contribution in [0.3, 0.4) is 0 Å². The Balaban J connectivity index is 2.14. The van der Waals surface area contributed by atoms with Crippen LogP contribution in [0.2, 0.25) is 0 Å². The maximum absolute atomic E-state index is 5.86. The first kappa shape index (κ1) is 13.0. The highest BCUT2D eigenvalue weighted by Crippen LogP contribution is 2.28. The molecule has 0 saturated carbocycles. The average molecular weight is 259 g/mol. The summed E-state index contributed by atoms with van der Waals surface area (Å²) in [5.74, 6) is 0.883. The molecule has 0 aliphatic rings. The number of hydrogen-bond acceptors (Lipinski definition) is 3. The third kappa shape index (κ3) is 3.06. The molecule has 2 aromatic carbocycles. The van der Waals surface area contributed by atoms with Crippen molar-refractivity contribution >= 4 is 11.8 Å². The zero-order valence-electron chi connectivity index (χ0n) is 10.4. The number of thioether (sulfide) groups is 1. The van der Waals surface area contributed by atoms with E-state index in [0.717, 1.165) is 16.9 Å². The van der Waals surface area contributed by atoms with E-state index in [0.29, 0.717) is 13.2 Å². The first-order chi connectivity index (χ1) is 8.85. The summed E-state index contributed by atoms with van der Waals surface area (Å²) in [6, 6.07) is 16.2. The van der Waals surface area contributed by atoms with Gasteiger partial charge in [0, 0.05) is 17.0 Å². The summed E-state index contributed by atoms with van der Waals surface area (Å²) in [6.45, 7) is 1.08. The smallest absolute Gasteiger partial charge is 0.125 e. The van der Waals surface area contributed by atoms with Crippen molar-refractivity contribution in [3.63, 3.8) is 0 Å². The molecule has 0 heterocycles. The van der Waals surface area contributed by atoms with Crippen LogP contribution in [-0.4, -0.2) is 6.26 Å². The van der Waals surface area contributed by atoms with Gasteiger partial charge < -0.3 is 10.5 Å². The summed E-state index contributed by atoms with van der Waals surface area (Å²) in [5, 5.41) is 0. The monoisotopic (exact) mass is 259 g/mol. The minimum Gasteiger partial charge on any atom is -0.489 e. The first-order valence-electron chi connectivity index (χ1n) is 5.88. The van der Waals surface area contributed by atoms with Gasteiger partial charge in [-0.25, -0.2) is 0 Å². The van der Waals surface area contributed by atoms with Gasteiger partial charge in [0.25, 0.3) is 0 Å². The van der Waals surface area contributed by atoms with Crippen molar-refractivity contribution in [3.8, 4) is 5.75 Å². The van der Waals surface area contributed by atoms with Gasteiger partial charge in [0.05, 0.1) is 0 Å². The van der Waals surface area contributed by atoms with Gasteiger partial charge >= 0.3 is 0 Å². The molecule has 18 heavy (non-hydrogen) atoms. The van der Waals surface area contributed by atoms with Crippen LogP contribution in [0.25, 0.3) is 0 Å². The van der Waals surface area contributed by atoms with Crippen LogP contribution in [0.1, 0.15) is 11.1 Å². The molecular weight excluding hydrogens is 242 g/mol.